The van der Waals surface area contributed by atoms with Gasteiger partial charge in [-0.3, -0.25) is 0 Å². The Bertz CT molecular complexity index is 552. The van der Waals surface area contributed by atoms with Crippen LogP contribution in [0.2, 0.25) is 0 Å². The minimum atomic E-state index is 0.870. The lowest BCUT2D eigenvalue weighted by Crippen LogP contribution is -2.07. The highest BCUT2D eigenvalue weighted by Gasteiger charge is 2.13. The van der Waals surface area contributed by atoms with Crippen LogP contribution in [0.25, 0.3) is 6.08 Å². The van der Waals surface area contributed by atoms with Crippen LogP contribution < -0.4 is 4.74 Å². The van der Waals surface area contributed by atoms with Crippen molar-refractivity contribution in [2.75, 3.05) is 0 Å². The maximum atomic E-state index is 5.81. The molecule has 0 fully saturated rings. The SMILES string of the molecule is C=Cc1ccc(Oc2ccc3c(c2)CC3)cc1. The highest BCUT2D eigenvalue weighted by Crippen LogP contribution is 2.29. The van der Waals surface area contributed by atoms with E-state index >= 15 is 0 Å². The Morgan fingerprint density at radius 3 is 2.18 bits per heavy atom. The molecule has 1 aliphatic rings. The van der Waals surface area contributed by atoms with Crippen LogP contribution in [0, 0.1) is 0 Å². The number of hydrogen-bond donors (Lipinski definition) is 0. The molecule has 0 bridgehead atoms. The number of hydrogen-bond acceptors (Lipinski definition) is 1. The molecule has 2 aromatic rings. The van der Waals surface area contributed by atoms with Gasteiger partial charge in [0.05, 0.1) is 0 Å². The number of ether oxygens (including phenoxy) is 1. The van der Waals surface area contributed by atoms with Crippen molar-refractivity contribution in [2.24, 2.45) is 0 Å². The third kappa shape index (κ3) is 1.96. The molecule has 84 valence electrons. The second-order valence-corrected chi connectivity index (χ2v) is 4.31. The standard InChI is InChI=1S/C16H14O/c1-2-12-3-8-15(9-4-12)17-16-10-7-13-5-6-14(13)11-16/h2-4,7-11H,1,5-6H2. The Kier molecular flexibility index (Phi) is 2.45. The van der Waals surface area contributed by atoms with E-state index in [1.807, 2.05) is 36.4 Å². The van der Waals surface area contributed by atoms with Gasteiger partial charge in [0.2, 0.25) is 0 Å². The number of rotatable bonds is 3. The van der Waals surface area contributed by atoms with Crippen molar-refractivity contribution in [1.82, 2.24) is 0 Å². The largest absolute Gasteiger partial charge is 0.457 e. The van der Waals surface area contributed by atoms with Crippen LogP contribution in [-0.4, -0.2) is 0 Å². The third-order valence-corrected chi connectivity index (χ3v) is 3.19. The van der Waals surface area contributed by atoms with Crippen molar-refractivity contribution in [3.63, 3.8) is 0 Å². The van der Waals surface area contributed by atoms with Gasteiger partial charge in [0.25, 0.3) is 0 Å². The molecule has 1 heteroatoms. The topological polar surface area (TPSA) is 9.23 Å². The smallest absolute Gasteiger partial charge is 0.127 e. The third-order valence-electron chi connectivity index (χ3n) is 3.19. The fourth-order valence-electron chi connectivity index (χ4n) is 2.04. The van der Waals surface area contributed by atoms with Gasteiger partial charge in [0.1, 0.15) is 11.5 Å². The molecule has 0 aromatic heterocycles. The molecule has 1 nitrogen and oxygen atoms in total. The number of fused-ring (bicyclic) bond motifs is 1. The van der Waals surface area contributed by atoms with Gasteiger partial charge in [0.15, 0.2) is 0 Å². The van der Waals surface area contributed by atoms with Crippen molar-refractivity contribution in [1.29, 1.82) is 0 Å². The lowest BCUT2D eigenvalue weighted by molar-refractivity contribution is 0.480. The van der Waals surface area contributed by atoms with Crippen molar-refractivity contribution < 1.29 is 4.74 Å². The van der Waals surface area contributed by atoms with Gasteiger partial charge in [-0.15, -0.1) is 0 Å². The van der Waals surface area contributed by atoms with Crippen molar-refractivity contribution in [3.8, 4) is 11.5 Å². The van der Waals surface area contributed by atoms with Crippen molar-refractivity contribution in [2.45, 2.75) is 12.8 Å². The average Bonchev–Trinajstić information content (AvgIpc) is 2.34. The minimum absolute atomic E-state index is 0.870. The van der Waals surface area contributed by atoms with E-state index in [2.05, 4.69) is 18.7 Å². The van der Waals surface area contributed by atoms with E-state index < -0.39 is 0 Å². The van der Waals surface area contributed by atoms with Gasteiger partial charge < -0.3 is 4.74 Å². The first-order chi connectivity index (χ1) is 8.35. The molecule has 0 saturated heterocycles. The molecule has 1 aliphatic carbocycles. The lowest BCUT2D eigenvalue weighted by Gasteiger charge is -2.19. The minimum Gasteiger partial charge on any atom is -0.457 e. The molecule has 2 aromatic carbocycles. The van der Waals surface area contributed by atoms with Gasteiger partial charge in [-0.1, -0.05) is 30.9 Å². The van der Waals surface area contributed by atoms with E-state index in [1.165, 1.54) is 24.0 Å². The van der Waals surface area contributed by atoms with E-state index in [4.69, 9.17) is 4.74 Å². The van der Waals surface area contributed by atoms with E-state index in [9.17, 15) is 0 Å². The first-order valence-corrected chi connectivity index (χ1v) is 5.87. The maximum absolute atomic E-state index is 5.81. The van der Waals surface area contributed by atoms with Crippen molar-refractivity contribution >= 4 is 6.08 Å². The summed E-state index contributed by atoms with van der Waals surface area (Å²) in [6.07, 6.45) is 4.22. The zero-order valence-electron chi connectivity index (χ0n) is 9.65. The average molecular weight is 222 g/mol. The number of benzene rings is 2. The normalized spacial score (nSPS) is 12.5. The van der Waals surface area contributed by atoms with Gasteiger partial charge in [-0.05, 0) is 53.8 Å². The van der Waals surface area contributed by atoms with Crippen LogP contribution in [-0.2, 0) is 12.8 Å². The van der Waals surface area contributed by atoms with Crippen LogP contribution in [0.4, 0.5) is 0 Å². The van der Waals surface area contributed by atoms with E-state index in [1.54, 1.807) is 0 Å². The fourth-order valence-corrected chi connectivity index (χ4v) is 2.04. The highest BCUT2D eigenvalue weighted by atomic mass is 16.5. The molecule has 0 aliphatic heterocycles. The molecule has 0 spiro atoms. The molecule has 0 heterocycles. The summed E-state index contributed by atoms with van der Waals surface area (Å²) < 4.78 is 5.81. The van der Waals surface area contributed by atoms with E-state index in [0.29, 0.717) is 0 Å². The summed E-state index contributed by atoms with van der Waals surface area (Å²) >= 11 is 0. The summed E-state index contributed by atoms with van der Waals surface area (Å²) in [4.78, 5) is 0. The molecule has 0 atom stereocenters. The Balaban J connectivity index is 1.80. The second-order valence-electron chi connectivity index (χ2n) is 4.31. The predicted octanol–water partition coefficient (Wildman–Crippen LogP) is 4.22. The molecule has 0 unspecified atom stereocenters. The van der Waals surface area contributed by atoms with Gasteiger partial charge in [0, 0.05) is 0 Å². The fraction of sp³-hybridized carbons (Fsp3) is 0.125. The van der Waals surface area contributed by atoms with Crippen molar-refractivity contribution in [3.05, 3.63) is 65.7 Å². The summed E-state index contributed by atoms with van der Waals surface area (Å²) in [5.41, 5.74) is 3.99. The van der Waals surface area contributed by atoms with E-state index in [0.717, 1.165) is 17.1 Å². The molecule has 17 heavy (non-hydrogen) atoms. The Hall–Kier alpha value is -2.02. The highest BCUT2D eigenvalue weighted by molar-refractivity contribution is 5.49. The molecule has 0 radical (unpaired) electrons. The maximum Gasteiger partial charge on any atom is 0.127 e. The first-order valence-electron chi connectivity index (χ1n) is 5.87. The summed E-state index contributed by atoms with van der Waals surface area (Å²) in [6, 6.07) is 14.3. The second kappa shape index (κ2) is 4.10. The summed E-state index contributed by atoms with van der Waals surface area (Å²) in [7, 11) is 0. The molecule has 3 rings (SSSR count). The molecule has 0 N–H and O–H groups in total. The number of aryl methyl sites for hydroxylation is 2. The quantitative estimate of drug-likeness (QED) is 0.755. The van der Waals surface area contributed by atoms with Gasteiger partial charge in [-0.2, -0.15) is 0 Å². The zero-order valence-corrected chi connectivity index (χ0v) is 9.65. The molecule has 0 amide bonds. The predicted molar refractivity (Wildman–Crippen MR) is 70.5 cm³/mol. The lowest BCUT2D eigenvalue weighted by atomic mass is 9.89. The van der Waals surface area contributed by atoms with Gasteiger partial charge >= 0.3 is 0 Å². The van der Waals surface area contributed by atoms with Crippen LogP contribution in [0.3, 0.4) is 0 Å². The van der Waals surface area contributed by atoms with Crippen LogP contribution in [0.15, 0.2) is 49.0 Å². The summed E-state index contributed by atoms with van der Waals surface area (Å²) in [5, 5.41) is 0. The van der Waals surface area contributed by atoms with E-state index in [-0.39, 0.29) is 0 Å². The monoisotopic (exact) mass is 222 g/mol. The Labute approximate surface area is 101 Å². The zero-order chi connectivity index (χ0) is 11.7. The van der Waals surface area contributed by atoms with Crippen LogP contribution in [0.5, 0.6) is 11.5 Å². The van der Waals surface area contributed by atoms with Crippen LogP contribution >= 0.6 is 0 Å². The Morgan fingerprint density at radius 1 is 0.882 bits per heavy atom. The molecular weight excluding hydrogens is 208 g/mol. The first kappa shape index (κ1) is 10.2. The summed E-state index contributed by atoms with van der Waals surface area (Å²) in [5.74, 6) is 1.80. The summed E-state index contributed by atoms with van der Waals surface area (Å²) in [6.45, 7) is 3.73. The molecule has 0 saturated carbocycles. The Morgan fingerprint density at radius 2 is 1.59 bits per heavy atom. The van der Waals surface area contributed by atoms with Gasteiger partial charge in [-0.25, -0.2) is 0 Å². The van der Waals surface area contributed by atoms with Crippen LogP contribution in [0.1, 0.15) is 16.7 Å². The molecular formula is C16H14O.